The minimum absolute atomic E-state index is 0.263. The van der Waals surface area contributed by atoms with Crippen molar-refractivity contribution in [1.29, 1.82) is 0 Å². The van der Waals surface area contributed by atoms with E-state index in [1.807, 2.05) is 59.3 Å². The largest absolute Gasteiger partial charge is 0.485 e. The zero-order valence-electron chi connectivity index (χ0n) is 11.6. The Morgan fingerprint density at radius 3 is 2.91 bits per heavy atom. The first-order valence-corrected chi connectivity index (χ1v) is 6.82. The molecule has 4 rings (SSSR count). The minimum Gasteiger partial charge on any atom is -0.485 e. The van der Waals surface area contributed by atoms with Crippen LogP contribution in [-0.4, -0.2) is 19.5 Å². The van der Waals surface area contributed by atoms with Gasteiger partial charge in [0.1, 0.15) is 11.4 Å². The number of benzene rings is 1. The summed E-state index contributed by atoms with van der Waals surface area (Å²) in [5, 5.41) is 3.94. The Bertz CT molecular complexity index is 899. The summed E-state index contributed by atoms with van der Waals surface area (Å²) in [6, 6.07) is 13.3. The topological polar surface area (TPSA) is 65.5 Å². The Balaban J connectivity index is 1.53. The summed E-state index contributed by atoms with van der Waals surface area (Å²) in [7, 11) is 0. The van der Waals surface area contributed by atoms with Crippen molar-refractivity contribution in [2.45, 2.75) is 6.61 Å². The maximum atomic E-state index is 5.60. The van der Waals surface area contributed by atoms with Gasteiger partial charge in [0.15, 0.2) is 6.61 Å². The number of para-hydroxylation sites is 1. The summed E-state index contributed by atoms with van der Waals surface area (Å²) in [6.07, 6.45) is 5.53. The van der Waals surface area contributed by atoms with E-state index < -0.39 is 0 Å². The fourth-order valence-corrected chi connectivity index (χ4v) is 2.14. The van der Waals surface area contributed by atoms with Gasteiger partial charge in [-0.25, -0.2) is 4.98 Å². The van der Waals surface area contributed by atoms with E-state index in [0.717, 1.165) is 17.0 Å². The van der Waals surface area contributed by atoms with Gasteiger partial charge in [-0.05, 0) is 24.3 Å². The van der Waals surface area contributed by atoms with E-state index in [9.17, 15) is 0 Å². The van der Waals surface area contributed by atoms with Gasteiger partial charge in [0, 0.05) is 24.2 Å². The van der Waals surface area contributed by atoms with Crippen LogP contribution in [0.2, 0.25) is 0 Å². The normalized spacial score (nSPS) is 10.9. The number of nitrogens with zero attached hydrogens (tertiary/aromatic N) is 4. The van der Waals surface area contributed by atoms with Crippen molar-refractivity contribution in [3.8, 4) is 17.2 Å². The Hall–Kier alpha value is -3.15. The zero-order chi connectivity index (χ0) is 14.8. The van der Waals surface area contributed by atoms with Crippen molar-refractivity contribution in [1.82, 2.24) is 19.5 Å². The molecule has 0 radical (unpaired) electrons. The lowest BCUT2D eigenvalue weighted by Crippen LogP contribution is -1.97. The minimum atomic E-state index is 0.263. The fraction of sp³-hybridized carbons (Fsp3) is 0.0625. The summed E-state index contributed by atoms with van der Waals surface area (Å²) >= 11 is 0. The summed E-state index contributed by atoms with van der Waals surface area (Å²) in [5.74, 6) is 1.73. The van der Waals surface area contributed by atoms with Crippen LogP contribution in [0.5, 0.6) is 5.75 Å². The molecule has 108 valence electrons. The smallest absolute Gasteiger partial charge is 0.258 e. The van der Waals surface area contributed by atoms with E-state index >= 15 is 0 Å². The van der Waals surface area contributed by atoms with Crippen molar-refractivity contribution in [2.75, 3.05) is 0 Å². The lowest BCUT2D eigenvalue weighted by molar-refractivity contribution is 0.287. The number of aromatic nitrogens is 4. The van der Waals surface area contributed by atoms with Crippen LogP contribution < -0.4 is 4.74 Å². The third kappa shape index (κ3) is 2.42. The average Bonchev–Trinajstić information content (AvgIpc) is 3.22. The molecule has 3 heterocycles. The second-order valence-electron chi connectivity index (χ2n) is 4.73. The Kier molecular flexibility index (Phi) is 3.05. The van der Waals surface area contributed by atoms with Gasteiger partial charge in [0.05, 0.1) is 0 Å². The van der Waals surface area contributed by atoms with Gasteiger partial charge in [-0.15, -0.1) is 0 Å². The number of ether oxygens (including phenoxy) is 1. The molecule has 0 bridgehead atoms. The molecule has 0 aliphatic rings. The molecule has 1 aromatic carbocycles. The predicted molar refractivity (Wildman–Crippen MR) is 79.3 cm³/mol. The summed E-state index contributed by atoms with van der Waals surface area (Å²) < 4.78 is 12.8. The number of imidazole rings is 1. The van der Waals surface area contributed by atoms with Crippen LogP contribution in [0.1, 0.15) is 5.82 Å². The summed E-state index contributed by atoms with van der Waals surface area (Å²) in [5.41, 5.74) is 1.66. The van der Waals surface area contributed by atoms with Gasteiger partial charge in [-0.1, -0.05) is 23.4 Å². The van der Waals surface area contributed by atoms with Crippen LogP contribution in [-0.2, 0) is 6.61 Å². The molecule has 0 unspecified atom stereocenters. The summed E-state index contributed by atoms with van der Waals surface area (Å²) in [6.45, 7) is 0.263. The first-order chi connectivity index (χ1) is 10.9. The lowest BCUT2D eigenvalue weighted by Gasteiger charge is -2.01. The zero-order valence-corrected chi connectivity index (χ0v) is 11.6. The van der Waals surface area contributed by atoms with E-state index in [1.165, 1.54) is 0 Å². The molecule has 0 atom stereocenters. The van der Waals surface area contributed by atoms with Crippen molar-refractivity contribution >= 4 is 5.65 Å². The van der Waals surface area contributed by atoms with E-state index in [2.05, 4.69) is 15.1 Å². The molecule has 0 aliphatic heterocycles. The molecular formula is C16H12N4O2. The quantitative estimate of drug-likeness (QED) is 0.578. The van der Waals surface area contributed by atoms with Crippen LogP contribution in [0.3, 0.4) is 0 Å². The highest BCUT2D eigenvalue weighted by molar-refractivity contribution is 5.59. The highest BCUT2D eigenvalue weighted by atomic mass is 16.5. The maximum Gasteiger partial charge on any atom is 0.258 e. The van der Waals surface area contributed by atoms with Crippen LogP contribution >= 0.6 is 0 Å². The molecule has 6 nitrogen and oxygen atoms in total. The third-order valence-electron chi connectivity index (χ3n) is 3.22. The van der Waals surface area contributed by atoms with Crippen molar-refractivity contribution < 1.29 is 9.26 Å². The van der Waals surface area contributed by atoms with Crippen molar-refractivity contribution in [3.63, 3.8) is 0 Å². The van der Waals surface area contributed by atoms with Crippen LogP contribution in [0.4, 0.5) is 0 Å². The Morgan fingerprint density at radius 2 is 2.00 bits per heavy atom. The number of hydrogen-bond acceptors (Lipinski definition) is 5. The number of hydrogen-bond donors (Lipinski definition) is 0. The first kappa shape index (κ1) is 12.6. The van der Waals surface area contributed by atoms with Gasteiger partial charge in [-0.3, -0.25) is 0 Å². The van der Waals surface area contributed by atoms with E-state index in [0.29, 0.717) is 11.7 Å². The van der Waals surface area contributed by atoms with Crippen LogP contribution in [0.15, 0.2) is 65.6 Å². The van der Waals surface area contributed by atoms with Crippen LogP contribution in [0, 0.1) is 0 Å². The Morgan fingerprint density at radius 1 is 1.09 bits per heavy atom. The third-order valence-corrected chi connectivity index (χ3v) is 3.22. The van der Waals surface area contributed by atoms with Crippen molar-refractivity contribution in [2.24, 2.45) is 0 Å². The average molecular weight is 292 g/mol. The predicted octanol–water partition coefficient (Wildman–Crippen LogP) is 2.96. The van der Waals surface area contributed by atoms with Gasteiger partial charge in [0.25, 0.3) is 5.89 Å². The van der Waals surface area contributed by atoms with E-state index in [-0.39, 0.29) is 6.61 Å². The molecule has 6 heteroatoms. The number of fused-ring (bicyclic) bond motifs is 1. The molecule has 3 aromatic heterocycles. The highest BCUT2D eigenvalue weighted by Gasteiger charge is 2.10. The molecular weight excluding hydrogens is 280 g/mol. The lowest BCUT2D eigenvalue weighted by atomic mass is 10.2. The SMILES string of the molecule is c1ccc(OCc2noc(-c3ccn4ccnc4c3)n2)cc1. The van der Waals surface area contributed by atoms with Crippen LogP contribution in [0.25, 0.3) is 17.1 Å². The molecule has 0 saturated carbocycles. The fourth-order valence-electron chi connectivity index (χ4n) is 2.14. The maximum absolute atomic E-state index is 5.60. The standard InChI is InChI=1S/C16H12N4O2/c1-2-4-13(5-3-1)21-11-14-18-16(22-19-14)12-6-8-20-9-7-17-15(20)10-12/h1-10H,11H2. The van der Waals surface area contributed by atoms with E-state index in [4.69, 9.17) is 9.26 Å². The number of pyridine rings is 1. The Labute approximate surface area is 126 Å². The van der Waals surface area contributed by atoms with Crippen molar-refractivity contribution in [3.05, 3.63) is 66.9 Å². The molecule has 0 saturated heterocycles. The molecule has 0 fully saturated rings. The van der Waals surface area contributed by atoms with Gasteiger partial charge in [0.2, 0.25) is 5.82 Å². The molecule has 0 amide bonds. The second kappa shape index (κ2) is 5.33. The van der Waals surface area contributed by atoms with Gasteiger partial charge < -0.3 is 13.7 Å². The van der Waals surface area contributed by atoms with E-state index in [1.54, 1.807) is 6.20 Å². The molecule has 22 heavy (non-hydrogen) atoms. The molecule has 0 spiro atoms. The number of rotatable bonds is 4. The molecule has 0 aliphatic carbocycles. The monoisotopic (exact) mass is 292 g/mol. The second-order valence-corrected chi connectivity index (χ2v) is 4.73. The molecule has 4 aromatic rings. The molecule has 0 N–H and O–H groups in total. The summed E-state index contributed by atoms with van der Waals surface area (Å²) in [4.78, 5) is 8.58. The van der Waals surface area contributed by atoms with Gasteiger partial charge >= 0.3 is 0 Å². The highest BCUT2D eigenvalue weighted by Crippen LogP contribution is 2.19. The van der Waals surface area contributed by atoms with Gasteiger partial charge in [-0.2, -0.15) is 4.98 Å². The first-order valence-electron chi connectivity index (χ1n) is 6.82.